The molecule has 2 nitrogen and oxygen atoms in total. The predicted molar refractivity (Wildman–Crippen MR) is 74.7 cm³/mol. The maximum Gasteiger partial charge on any atom is 0.164 e. The lowest BCUT2D eigenvalue weighted by atomic mass is 9.87. The molecule has 0 aromatic heterocycles. The van der Waals surface area contributed by atoms with E-state index in [1.165, 1.54) is 5.56 Å². The Morgan fingerprint density at radius 2 is 1.47 bits per heavy atom. The van der Waals surface area contributed by atoms with E-state index in [0.717, 1.165) is 5.56 Å². The monoisotopic (exact) mass is 254 g/mol. The SMILES string of the molecule is CC1(O)CC(c2ccccc2)C(c2ccccc2)O1. The Bertz CT molecular complexity index is 484. The van der Waals surface area contributed by atoms with Crippen LogP contribution in [-0.2, 0) is 4.74 Å². The van der Waals surface area contributed by atoms with Crippen LogP contribution < -0.4 is 0 Å². The molecule has 1 saturated heterocycles. The van der Waals surface area contributed by atoms with Crippen LogP contribution in [0.4, 0.5) is 0 Å². The second kappa shape index (κ2) is 4.80. The third-order valence-electron chi connectivity index (χ3n) is 3.70. The highest BCUT2D eigenvalue weighted by Gasteiger charge is 2.43. The van der Waals surface area contributed by atoms with E-state index < -0.39 is 5.79 Å². The fraction of sp³-hybridized carbons (Fsp3) is 0.294. The molecule has 2 heteroatoms. The van der Waals surface area contributed by atoms with Crippen LogP contribution >= 0.6 is 0 Å². The van der Waals surface area contributed by atoms with Gasteiger partial charge in [-0.15, -0.1) is 0 Å². The minimum Gasteiger partial charge on any atom is -0.366 e. The molecule has 1 aliphatic heterocycles. The minimum absolute atomic E-state index is 0.0846. The van der Waals surface area contributed by atoms with Gasteiger partial charge in [-0.2, -0.15) is 0 Å². The van der Waals surface area contributed by atoms with Crippen LogP contribution in [0.15, 0.2) is 60.7 Å². The van der Waals surface area contributed by atoms with Crippen molar-refractivity contribution in [1.82, 2.24) is 0 Å². The first-order valence-electron chi connectivity index (χ1n) is 6.66. The molecule has 1 fully saturated rings. The number of ether oxygens (including phenoxy) is 1. The number of benzene rings is 2. The predicted octanol–water partition coefficient (Wildman–Crippen LogP) is 3.64. The Hall–Kier alpha value is -1.64. The van der Waals surface area contributed by atoms with E-state index in [1.54, 1.807) is 6.92 Å². The third kappa shape index (κ3) is 2.55. The summed E-state index contributed by atoms with van der Waals surface area (Å²) in [6, 6.07) is 20.4. The summed E-state index contributed by atoms with van der Waals surface area (Å²) in [5.41, 5.74) is 2.34. The molecular formula is C17H18O2. The molecule has 1 heterocycles. The van der Waals surface area contributed by atoms with Gasteiger partial charge in [-0.05, 0) is 18.1 Å². The molecule has 3 rings (SSSR count). The number of aliphatic hydroxyl groups is 1. The maximum absolute atomic E-state index is 10.2. The first kappa shape index (κ1) is 12.4. The summed E-state index contributed by atoms with van der Waals surface area (Å²) >= 11 is 0. The normalized spacial score (nSPS) is 30.4. The van der Waals surface area contributed by atoms with Gasteiger partial charge in [0.05, 0.1) is 6.10 Å². The standard InChI is InChI=1S/C17H18O2/c1-17(18)12-15(13-8-4-2-5-9-13)16(19-17)14-10-6-3-7-11-14/h2-11,15-16,18H,12H2,1H3. The van der Waals surface area contributed by atoms with Crippen molar-refractivity contribution in [2.45, 2.75) is 31.2 Å². The Labute approximate surface area is 113 Å². The van der Waals surface area contributed by atoms with Gasteiger partial charge in [0.15, 0.2) is 5.79 Å². The van der Waals surface area contributed by atoms with Crippen LogP contribution in [0.1, 0.15) is 36.5 Å². The highest BCUT2D eigenvalue weighted by Crippen LogP contribution is 2.48. The number of rotatable bonds is 2. The average molecular weight is 254 g/mol. The topological polar surface area (TPSA) is 29.5 Å². The molecule has 19 heavy (non-hydrogen) atoms. The summed E-state index contributed by atoms with van der Waals surface area (Å²) in [5, 5.41) is 10.2. The van der Waals surface area contributed by atoms with Gasteiger partial charge in [-0.3, -0.25) is 0 Å². The zero-order chi connectivity index (χ0) is 13.3. The second-order valence-corrected chi connectivity index (χ2v) is 5.35. The lowest BCUT2D eigenvalue weighted by Crippen LogP contribution is -2.21. The van der Waals surface area contributed by atoms with Crippen molar-refractivity contribution in [3.8, 4) is 0 Å². The summed E-state index contributed by atoms with van der Waals surface area (Å²) in [7, 11) is 0. The van der Waals surface area contributed by atoms with Gasteiger partial charge >= 0.3 is 0 Å². The van der Waals surface area contributed by atoms with E-state index in [1.807, 2.05) is 36.4 Å². The summed E-state index contributed by atoms with van der Waals surface area (Å²) in [5.74, 6) is -0.861. The first-order chi connectivity index (χ1) is 9.16. The molecule has 1 N–H and O–H groups in total. The van der Waals surface area contributed by atoms with Crippen LogP contribution in [0.3, 0.4) is 0 Å². The lowest BCUT2D eigenvalue weighted by Gasteiger charge is -2.19. The van der Waals surface area contributed by atoms with E-state index in [2.05, 4.69) is 24.3 Å². The number of hydrogen-bond donors (Lipinski definition) is 1. The zero-order valence-electron chi connectivity index (χ0n) is 11.0. The fourth-order valence-corrected chi connectivity index (χ4v) is 2.85. The van der Waals surface area contributed by atoms with Gasteiger partial charge in [-0.25, -0.2) is 0 Å². The molecule has 0 aliphatic carbocycles. The Balaban J connectivity index is 1.97. The van der Waals surface area contributed by atoms with E-state index in [-0.39, 0.29) is 12.0 Å². The van der Waals surface area contributed by atoms with Gasteiger partial charge in [0.2, 0.25) is 0 Å². The fourth-order valence-electron chi connectivity index (χ4n) is 2.85. The van der Waals surface area contributed by atoms with Crippen molar-refractivity contribution in [3.63, 3.8) is 0 Å². The molecule has 3 unspecified atom stereocenters. The van der Waals surface area contributed by atoms with Crippen LogP contribution in [-0.4, -0.2) is 10.9 Å². The third-order valence-corrected chi connectivity index (χ3v) is 3.70. The van der Waals surface area contributed by atoms with Crippen LogP contribution in [0.2, 0.25) is 0 Å². The quantitative estimate of drug-likeness (QED) is 0.886. The zero-order valence-corrected chi connectivity index (χ0v) is 11.0. The highest BCUT2D eigenvalue weighted by atomic mass is 16.6. The van der Waals surface area contributed by atoms with E-state index in [9.17, 15) is 5.11 Å². The highest BCUT2D eigenvalue weighted by molar-refractivity contribution is 5.28. The van der Waals surface area contributed by atoms with Crippen LogP contribution in [0.25, 0.3) is 0 Å². The number of hydrogen-bond acceptors (Lipinski definition) is 2. The van der Waals surface area contributed by atoms with Gasteiger partial charge in [-0.1, -0.05) is 60.7 Å². The molecule has 0 saturated carbocycles. The average Bonchev–Trinajstić information content (AvgIpc) is 2.77. The van der Waals surface area contributed by atoms with Gasteiger partial charge < -0.3 is 9.84 Å². The Morgan fingerprint density at radius 1 is 0.947 bits per heavy atom. The minimum atomic E-state index is -1.05. The van der Waals surface area contributed by atoms with E-state index in [4.69, 9.17) is 4.74 Å². The molecule has 0 radical (unpaired) electrons. The molecule has 2 aromatic carbocycles. The maximum atomic E-state index is 10.2. The van der Waals surface area contributed by atoms with Crippen molar-refractivity contribution < 1.29 is 9.84 Å². The molecule has 3 atom stereocenters. The summed E-state index contributed by atoms with van der Waals surface area (Å²) in [6.07, 6.45) is 0.537. The van der Waals surface area contributed by atoms with Crippen LogP contribution in [0, 0.1) is 0 Å². The summed E-state index contributed by atoms with van der Waals surface area (Å²) in [4.78, 5) is 0. The smallest absolute Gasteiger partial charge is 0.164 e. The summed E-state index contributed by atoms with van der Waals surface area (Å²) in [6.45, 7) is 1.74. The van der Waals surface area contributed by atoms with Gasteiger partial charge in [0.1, 0.15) is 0 Å². The largest absolute Gasteiger partial charge is 0.366 e. The van der Waals surface area contributed by atoms with Crippen molar-refractivity contribution in [3.05, 3.63) is 71.8 Å². The second-order valence-electron chi connectivity index (χ2n) is 5.35. The molecular weight excluding hydrogens is 236 g/mol. The van der Waals surface area contributed by atoms with Crippen molar-refractivity contribution in [2.75, 3.05) is 0 Å². The van der Waals surface area contributed by atoms with Crippen molar-refractivity contribution in [2.24, 2.45) is 0 Å². The van der Waals surface area contributed by atoms with Gasteiger partial charge in [0, 0.05) is 12.3 Å². The molecule has 0 amide bonds. The molecule has 2 aromatic rings. The van der Waals surface area contributed by atoms with Crippen LogP contribution in [0.5, 0.6) is 0 Å². The molecule has 1 aliphatic rings. The van der Waals surface area contributed by atoms with Gasteiger partial charge in [0.25, 0.3) is 0 Å². The lowest BCUT2D eigenvalue weighted by molar-refractivity contribution is -0.179. The Morgan fingerprint density at radius 3 is 2.05 bits per heavy atom. The first-order valence-corrected chi connectivity index (χ1v) is 6.66. The van der Waals surface area contributed by atoms with Crippen molar-refractivity contribution in [1.29, 1.82) is 0 Å². The Kier molecular flexibility index (Phi) is 3.13. The van der Waals surface area contributed by atoms with E-state index in [0.29, 0.717) is 6.42 Å². The summed E-state index contributed by atoms with van der Waals surface area (Å²) < 4.78 is 5.86. The molecule has 0 spiro atoms. The molecule has 98 valence electrons. The molecule has 0 bridgehead atoms. The van der Waals surface area contributed by atoms with E-state index >= 15 is 0 Å². The van der Waals surface area contributed by atoms with Crippen molar-refractivity contribution >= 4 is 0 Å².